The van der Waals surface area contributed by atoms with Crippen molar-refractivity contribution in [2.75, 3.05) is 0 Å². The average Bonchev–Trinajstić information content (AvgIpc) is 2.23. The van der Waals surface area contributed by atoms with Gasteiger partial charge in [-0.05, 0) is 24.5 Å². The molecule has 0 spiro atoms. The lowest BCUT2D eigenvalue weighted by atomic mass is 10.1. The smallest absolute Gasteiger partial charge is 0.261 e. The summed E-state index contributed by atoms with van der Waals surface area (Å²) in [7, 11) is 0. The summed E-state index contributed by atoms with van der Waals surface area (Å²) in [5.41, 5.74) is 1.56. The van der Waals surface area contributed by atoms with Crippen LogP contribution in [0.2, 0.25) is 0 Å². The zero-order valence-corrected chi connectivity index (χ0v) is 9.56. The quantitative estimate of drug-likeness (QED) is 0.794. The van der Waals surface area contributed by atoms with Crippen LogP contribution in [0.4, 0.5) is 0 Å². The van der Waals surface area contributed by atoms with Crippen LogP contribution < -0.4 is 5.56 Å². The number of rotatable bonds is 1. The Labute approximate surface area is 93.2 Å². The van der Waals surface area contributed by atoms with Gasteiger partial charge in [-0.15, -0.1) is 0 Å². The Balaban J connectivity index is 2.88. The Kier molecular flexibility index (Phi) is 2.42. The Bertz CT molecular complexity index is 600. The van der Waals surface area contributed by atoms with E-state index in [1.807, 2.05) is 13.8 Å². The third-order valence-corrected chi connectivity index (χ3v) is 2.70. The van der Waals surface area contributed by atoms with Crippen LogP contribution in [0.3, 0.4) is 0 Å². The molecule has 2 aromatic rings. The van der Waals surface area contributed by atoms with Gasteiger partial charge in [0.2, 0.25) is 0 Å². The number of nitrogens with zero attached hydrogens (tertiary/aromatic N) is 2. The second-order valence-corrected chi connectivity index (χ2v) is 4.21. The molecule has 0 bridgehead atoms. The van der Waals surface area contributed by atoms with Crippen LogP contribution in [0, 0.1) is 6.92 Å². The van der Waals surface area contributed by atoms with E-state index < -0.39 is 0 Å². The first-order valence-electron chi connectivity index (χ1n) is 5.22. The summed E-state index contributed by atoms with van der Waals surface area (Å²) < 4.78 is 1.39. The number of pyridine rings is 1. The highest BCUT2D eigenvalue weighted by atomic mass is 16.3. The maximum absolute atomic E-state index is 12.0. The van der Waals surface area contributed by atoms with E-state index in [2.05, 4.69) is 4.98 Å². The summed E-state index contributed by atoms with van der Waals surface area (Å²) in [4.78, 5) is 16.2. The maximum Gasteiger partial charge on any atom is 0.261 e. The molecule has 0 aromatic carbocycles. The molecule has 16 heavy (non-hydrogen) atoms. The van der Waals surface area contributed by atoms with Crippen molar-refractivity contribution >= 4 is 5.65 Å². The van der Waals surface area contributed by atoms with Crippen molar-refractivity contribution in [2.24, 2.45) is 0 Å². The van der Waals surface area contributed by atoms with E-state index in [9.17, 15) is 9.90 Å². The molecule has 2 aromatic heterocycles. The number of hydrogen-bond donors (Lipinski definition) is 1. The summed E-state index contributed by atoms with van der Waals surface area (Å²) in [6.07, 6.45) is 3.19. The van der Waals surface area contributed by atoms with E-state index in [0.717, 1.165) is 0 Å². The first kappa shape index (κ1) is 10.7. The van der Waals surface area contributed by atoms with E-state index in [0.29, 0.717) is 16.8 Å². The average molecular weight is 218 g/mol. The van der Waals surface area contributed by atoms with E-state index in [4.69, 9.17) is 0 Å². The summed E-state index contributed by atoms with van der Waals surface area (Å²) in [6.45, 7) is 5.66. The second kappa shape index (κ2) is 3.63. The van der Waals surface area contributed by atoms with Gasteiger partial charge in [0.25, 0.3) is 5.56 Å². The molecule has 0 radical (unpaired) electrons. The monoisotopic (exact) mass is 218 g/mol. The molecule has 0 unspecified atom stereocenters. The van der Waals surface area contributed by atoms with E-state index in [-0.39, 0.29) is 17.2 Å². The minimum absolute atomic E-state index is 0.0647. The molecule has 0 saturated carbocycles. The standard InChI is InChI=1S/C12H14N2O2/c1-7(2)9-6-13-11-10(15)8(3)4-5-14(11)12(9)16/h4-7,15H,1-3H3. The van der Waals surface area contributed by atoms with Crippen LogP contribution in [0.5, 0.6) is 5.75 Å². The molecule has 2 heterocycles. The summed E-state index contributed by atoms with van der Waals surface area (Å²) in [6, 6.07) is 1.70. The first-order chi connectivity index (χ1) is 7.52. The lowest BCUT2D eigenvalue weighted by molar-refractivity contribution is 0.472. The minimum atomic E-state index is -0.115. The van der Waals surface area contributed by atoms with Crippen LogP contribution in [0.25, 0.3) is 5.65 Å². The van der Waals surface area contributed by atoms with Gasteiger partial charge in [0.1, 0.15) is 0 Å². The normalized spacial score (nSPS) is 11.2. The molecule has 0 atom stereocenters. The summed E-state index contributed by atoms with van der Waals surface area (Å²) in [5, 5.41) is 9.79. The topological polar surface area (TPSA) is 54.6 Å². The zero-order valence-electron chi connectivity index (χ0n) is 9.56. The van der Waals surface area contributed by atoms with E-state index in [1.54, 1.807) is 25.4 Å². The fraction of sp³-hybridized carbons (Fsp3) is 0.333. The van der Waals surface area contributed by atoms with Crippen molar-refractivity contribution in [2.45, 2.75) is 26.7 Å². The molecular formula is C12H14N2O2. The molecule has 2 rings (SSSR count). The lowest BCUT2D eigenvalue weighted by Crippen LogP contribution is -2.20. The highest BCUT2D eigenvalue weighted by Gasteiger charge is 2.11. The second-order valence-electron chi connectivity index (χ2n) is 4.21. The third kappa shape index (κ3) is 1.46. The van der Waals surface area contributed by atoms with Gasteiger partial charge in [0.15, 0.2) is 11.4 Å². The van der Waals surface area contributed by atoms with Gasteiger partial charge in [-0.2, -0.15) is 0 Å². The molecule has 4 heteroatoms. The van der Waals surface area contributed by atoms with E-state index >= 15 is 0 Å². The van der Waals surface area contributed by atoms with Crippen LogP contribution in [0.1, 0.15) is 30.9 Å². The molecule has 0 aliphatic carbocycles. The number of hydrogen-bond acceptors (Lipinski definition) is 3. The first-order valence-corrected chi connectivity index (χ1v) is 5.22. The molecule has 1 N–H and O–H groups in total. The predicted molar refractivity (Wildman–Crippen MR) is 62.0 cm³/mol. The molecule has 0 aliphatic rings. The largest absolute Gasteiger partial charge is 0.504 e. The number of fused-ring (bicyclic) bond motifs is 1. The van der Waals surface area contributed by atoms with Gasteiger partial charge in [-0.3, -0.25) is 9.20 Å². The minimum Gasteiger partial charge on any atom is -0.504 e. The van der Waals surface area contributed by atoms with Crippen LogP contribution in [0.15, 0.2) is 23.3 Å². The van der Waals surface area contributed by atoms with E-state index in [1.165, 1.54) is 4.40 Å². The third-order valence-electron chi connectivity index (χ3n) is 2.70. The Morgan fingerprint density at radius 1 is 1.44 bits per heavy atom. The van der Waals surface area contributed by atoms with Crippen molar-refractivity contribution in [1.82, 2.24) is 9.38 Å². The van der Waals surface area contributed by atoms with Crippen molar-refractivity contribution in [1.29, 1.82) is 0 Å². The van der Waals surface area contributed by atoms with Gasteiger partial charge in [-0.1, -0.05) is 13.8 Å². The highest BCUT2D eigenvalue weighted by molar-refractivity contribution is 5.56. The SMILES string of the molecule is Cc1ccn2c(=O)c(C(C)C)cnc2c1O. The van der Waals surface area contributed by atoms with Crippen LogP contribution in [-0.2, 0) is 0 Å². The maximum atomic E-state index is 12.0. The molecule has 4 nitrogen and oxygen atoms in total. The fourth-order valence-corrected chi connectivity index (χ4v) is 1.63. The fourth-order valence-electron chi connectivity index (χ4n) is 1.63. The van der Waals surface area contributed by atoms with Gasteiger partial charge in [0, 0.05) is 18.0 Å². The van der Waals surface area contributed by atoms with Gasteiger partial charge in [0.05, 0.1) is 0 Å². The van der Waals surface area contributed by atoms with Crippen molar-refractivity contribution in [3.05, 3.63) is 39.9 Å². The van der Waals surface area contributed by atoms with Crippen LogP contribution >= 0.6 is 0 Å². The Morgan fingerprint density at radius 2 is 2.12 bits per heavy atom. The van der Waals surface area contributed by atoms with Crippen molar-refractivity contribution in [3.8, 4) is 5.75 Å². The van der Waals surface area contributed by atoms with Gasteiger partial charge >= 0.3 is 0 Å². The lowest BCUT2D eigenvalue weighted by Gasteiger charge is -2.08. The highest BCUT2D eigenvalue weighted by Crippen LogP contribution is 2.20. The Hall–Kier alpha value is -1.84. The molecule has 0 amide bonds. The summed E-state index contributed by atoms with van der Waals surface area (Å²) >= 11 is 0. The zero-order chi connectivity index (χ0) is 11.9. The molecule has 0 fully saturated rings. The predicted octanol–water partition coefficient (Wildman–Crippen LogP) is 1.83. The molecular weight excluding hydrogens is 204 g/mol. The summed E-state index contributed by atoms with van der Waals surface area (Å²) in [5.74, 6) is 0.190. The van der Waals surface area contributed by atoms with Gasteiger partial charge < -0.3 is 5.11 Å². The molecule has 84 valence electrons. The number of aromatic nitrogens is 2. The number of aryl methyl sites for hydroxylation is 1. The Morgan fingerprint density at radius 3 is 2.75 bits per heavy atom. The van der Waals surface area contributed by atoms with Crippen LogP contribution in [-0.4, -0.2) is 14.5 Å². The molecule has 0 aliphatic heterocycles. The number of aromatic hydroxyl groups is 1. The molecule has 0 saturated heterocycles. The van der Waals surface area contributed by atoms with Crippen molar-refractivity contribution in [3.63, 3.8) is 0 Å². The van der Waals surface area contributed by atoms with Crippen molar-refractivity contribution < 1.29 is 5.11 Å². The van der Waals surface area contributed by atoms with Gasteiger partial charge in [-0.25, -0.2) is 4.98 Å².